The Bertz CT molecular complexity index is 838. The van der Waals surface area contributed by atoms with Gasteiger partial charge >= 0.3 is 0 Å². The number of anilines is 2. The molecule has 1 aliphatic rings. The van der Waals surface area contributed by atoms with Gasteiger partial charge < -0.3 is 20.3 Å². The Morgan fingerprint density at radius 3 is 2.81 bits per heavy atom. The molecular formula is C18H22N6O2. The monoisotopic (exact) mass is 354 g/mol. The van der Waals surface area contributed by atoms with Crippen LogP contribution >= 0.6 is 0 Å². The average Bonchev–Trinajstić information content (AvgIpc) is 2.68. The van der Waals surface area contributed by atoms with Crippen LogP contribution in [-0.4, -0.2) is 59.8 Å². The summed E-state index contributed by atoms with van der Waals surface area (Å²) in [6.07, 6.45) is 1.41. The first kappa shape index (κ1) is 17.7. The molecule has 1 amide bonds. The van der Waals surface area contributed by atoms with Crippen molar-refractivity contribution in [2.24, 2.45) is 0 Å². The molecule has 0 radical (unpaired) electrons. The fourth-order valence-corrected chi connectivity index (χ4v) is 2.91. The first-order valence-electron chi connectivity index (χ1n) is 8.41. The highest BCUT2D eigenvalue weighted by molar-refractivity contribution is 6.13. The normalized spacial score (nSPS) is 14.5. The molecule has 0 unspecified atom stereocenters. The number of likely N-dealkylation sites (N-methyl/N-ethyl adjacent to an activating group) is 1. The largest absolute Gasteiger partial charge is 0.497 e. The van der Waals surface area contributed by atoms with Gasteiger partial charge in [0.2, 0.25) is 5.91 Å². The number of hydrogen-bond donors (Lipinski definition) is 2. The van der Waals surface area contributed by atoms with E-state index in [1.54, 1.807) is 31.4 Å². The molecule has 0 saturated carbocycles. The molecule has 0 atom stereocenters. The second kappa shape index (κ2) is 7.38. The van der Waals surface area contributed by atoms with Gasteiger partial charge in [0.1, 0.15) is 17.9 Å². The zero-order valence-corrected chi connectivity index (χ0v) is 14.9. The number of rotatable bonds is 5. The van der Waals surface area contributed by atoms with Gasteiger partial charge in [-0.1, -0.05) is 0 Å². The van der Waals surface area contributed by atoms with E-state index in [4.69, 9.17) is 15.9 Å². The number of ether oxygens (including phenoxy) is 1. The minimum Gasteiger partial charge on any atom is -0.497 e. The van der Waals surface area contributed by atoms with Crippen molar-refractivity contribution in [2.75, 3.05) is 43.9 Å². The van der Waals surface area contributed by atoms with Crippen molar-refractivity contribution in [1.29, 1.82) is 5.41 Å². The van der Waals surface area contributed by atoms with Crippen LogP contribution in [-0.2, 0) is 4.79 Å². The van der Waals surface area contributed by atoms with Crippen LogP contribution in [0.4, 0.5) is 11.5 Å². The predicted octanol–water partition coefficient (Wildman–Crippen LogP) is 1.15. The summed E-state index contributed by atoms with van der Waals surface area (Å²) in [5.74, 6) is 1.32. The van der Waals surface area contributed by atoms with Crippen LogP contribution in [0.2, 0.25) is 0 Å². The van der Waals surface area contributed by atoms with Crippen molar-refractivity contribution in [3.63, 3.8) is 0 Å². The molecule has 1 aromatic carbocycles. The summed E-state index contributed by atoms with van der Waals surface area (Å²) < 4.78 is 5.21. The fourth-order valence-electron chi connectivity index (χ4n) is 2.91. The Balaban J connectivity index is 1.86. The predicted molar refractivity (Wildman–Crippen MR) is 99.8 cm³/mol. The molecule has 2 aromatic rings. The van der Waals surface area contributed by atoms with Crippen LogP contribution in [0.1, 0.15) is 18.2 Å². The number of nitrogen functional groups attached to an aromatic ring is 1. The number of piperazine rings is 1. The zero-order valence-electron chi connectivity index (χ0n) is 14.9. The molecule has 3 N–H and O–H groups in total. The molecule has 0 bridgehead atoms. The van der Waals surface area contributed by atoms with Gasteiger partial charge in [-0.15, -0.1) is 0 Å². The molecule has 8 nitrogen and oxygen atoms in total. The highest BCUT2D eigenvalue weighted by atomic mass is 16.5. The van der Waals surface area contributed by atoms with E-state index in [1.807, 2.05) is 16.7 Å². The average molecular weight is 354 g/mol. The SMILES string of the molecule is CCN1CCN(c2cc(C(=N)c3cc(OC)ccc3N)ncn2)CC1=O. The van der Waals surface area contributed by atoms with Crippen LogP contribution in [0.3, 0.4) is 0 Å². The highest BCUT2D eigenvalue weighted by Crippen LogP contribution is 2.23. The maximum absolute atomic E-state index is 12.1. The fraction of sp³-hybridized carbons (Fsp3) is 0.333. The molecule has 8 heteroatoms. The minimum absolute atomic E-state index is 0.0750. The number of aromatic nitrogens is 2. The number of hydrogen-bond acceptors (Lipinski definition) is 7. The molecule has 1 fully saturated rings. The third kappa shape index (κ3) is 3.44. The van der Waals surface area contributed by atoms with E-state index >= 15 is 0 Å². The van der Waals surface area contributed by atoms with Crippen LogP contribution in [0.25, 0.3) is 0 Å². The summed E-state index contributed by atoms with van der Waals surface area (Å²) >= 11 is 0. The lowest BCUT2D eigenvalue weighted by molar-refractivity contribution is -0.130. The second-order valence-electron chi connectivity index (χ2n) is 5.98. The molecule has 3 rings (SSSR count). The Kier molecular flexibility index (Phi) is 5.01. The quantitative estimate of drug-likeness (QED) is 0.616. The van der Waals surface area contributed by atoms with Crippen molar-refractivity contribution in [2.45, 2.75) is 6.92 Å². The van der Waals surface area contributed by atoms with Gasteiger partial charge in [0.25, 0.3) is 0 Å². The van der Waals surface area contributed by atoms with Crippen molar-refractivity contribution in [1.82, 2.24) is 14.9 Å². The summed E-state index contributed by atoms with van der Waals surface area (Å²) in [6, 6.07) is 6.88. The van der Waals surface area contributed by atoms with E-state index in [1.165, 1.54) is 6.33 Å². The zero-order chi connectivity index (χ0) is 18.7. The summed E-state index contributed by atoms with van der Waals surface area (Å²) in [4.78, 5) is 24.3. The van der Waals surface area contributed by atoms with Crippen LogP contribution in [0, 0.1) is 5.41 Å². The molecule has 0 aliphatic carbocycles. The lowest BCUT2D eigenvalue weighted by atomic mass is 10.0. The molecule has 1 saturated heterocycles. The number of nitrogens with zero attached hydrogens (tertiary/aromatic N) is 4. The van der Waals surface area contributed by atoms with E-state index < -0.39 is 0 Å². The molecule has 1 aliphatic heterocycles. The smallest absolute Gasteiger partial charge is 0.242 e. The number of nitrogens with one attached hydrogen (secondary N) is 1. The molecule has 136 valence electrons. The van der Waals surface area contributed by atoms with Crippen LogP contribution < -0.4 is 15.4 Å². The van der Waals surface area contributed by atoms with Crippen LogP contribution in [0.15, 0.2) is 30.6 Å². The van der Waals surface area contributed by atoms with Gasteiger partial charge in [-0.3, -0.25) is 10.2 Å². The Morgan fingerprint density at radius 1 is 1.31 bits per heavy atom. The van der Waals surface area contributed by atoms with Gasteiger partial charge in [0.15, 0.2) is 0 Å². The topological polar surface area (TPSA) is 108 Å². The Labute approximate surface area is 152 Å². The summed E-state index contributed by atoms with van der Waals surface area (Å²) in [6.45, 7) is 4.32. The number of nitrogens with two attached hydrogens (primary N) is 1. The van der Waals surface area contributed by atoms with Gasteiger partial charge in [0, 0.05) is 37.0 Å². The van der Waals surface area contributed by atoms with Gasteiger partial charge in [-0.25, -0.2) is 9.97 Å². The molecule has 26 heavy (non-hydrogen) atoms. The van der Waals surface area contributed by atoms with Crippen molar-refractivity contribution in [3.05, 3.63) is 41.9 Å². The van der Waals surface area contributed by atoms with Crippen molar-refractivity contribution >= 4 is 23.1 Å². The van der Waals surface area contributed by atoms with Gasteiger partial charge in [-0.05, 0) is 25.1 Å². The van der Waals surface area contributed by atoms with E-state index in [9.17, 15) is 4.79 Å². The third-order valence-electron chi connectivity index (χ3n) is 4.46. The van der Waals surface area contributed by atoms with Gasteiger partial charge in [-0.2, -0.15) is 0 Å². The Hall–Kier alpha value is -3.16. The number of carbonyl (C=O) groups excluding carboxylic acids is 1. The highest BCUT2D eigenvalue weighted by Gasteiger charge is 2.24. The lowest BCUT2D eigenvalue weighted by Crippen LogP contribution is -2.50. The third-order valence-corrected chi connectivity index (χ3v) is 4.46. The second-order valence-corrected chi connectivity index (χ2v) is 5.98. The molecular weight excluding hydrogens is 332 g/mol. The maximum Gasteiger partial charge on any atom is 0.242 e. The molecule has 0 spiro atoms. The molecule has 1 aromatic heterocycles. The first-order chi connectivity index (χ1) is 12.5. The van der Waals surface area contributed by atoms with Crippen molar-refractivity contribution in [3.8, 4) is 5.75 Å². The number of carbonyl (C=O) groups is 1. The molecule has 2 heterocycles. The first-order valence-corrected chi connectivity index (χ1v) is 8.41. The summed E-state index contributed by atoms with van der Waals surface area (Å²) in [7, 11) is 1.56. The summed E-state index contributed by atoms with van der Waals surface area (Å²) in [5.41, 5.74) is 7.66. The summed E-state index contributed by atoms with van der Waals surface area (Å²) in [5, 5.41) is 8.48. The van der Waals surface area contributed by atoms with E-state index in [0.29, 0.717) is 48.1 Å². The van der Waals surface area contributed by atoms with E-state index in [-0.39, 0.29) is 18.2 Å². The lowest BCUT2D eigenvalue weighted by Gasteiger charge is -2.34. The number of amides is 1. The van der Waals surface area contributed by atoms with E-state index in [0.717, 1.165) is 0 Å². The van der Waals surface area contributed by atoms with Gasteiger partial charge in [0.05, 0.1) is 25.1 Å². The maximum atomic E-state index is 12.1. The van der Waals surface area contributed by atoms with E-state index in [2.05, 4.69) is 9.97 Å². The minimum atomic E-state index is 0.0750. The Morgan fingerprint density at radius 2 is 2.12 bits per heavy atom. The van der Waals surface area contributed by atoms with Crippen LogP contribution in [0.5, 0.6) is 5.75 Å². The standard InChI is InChI=1S/C18H22N6O2/c1-3-23-6-7-24(10-17(23)25)16-9-15(21-11-22-16)18(20)13-8-12(26-2)4-5-14(13)19/h4-5,8-9,11,20H,3,6-7,10,19H2,1-2H3. The van der Waals surface area contributed by atoms with Crippen molar-refractivity contribution < 1.29 is 9.53 Å². The number of benzene rings is 1. The number of methoxy groups -OCH3 is 1.